The highest BCUT2D eigenvalue weighted by atomic mass is 16.5. The van der Waals surface area contributed by atoms with Gasteiger partial charge in [-0.3, -0.25) is 4.79 Å². The van der Waals surface area contributed by atoms with Crippen LogP contribution in [0.3, 0.4) is 0 Å². The van der Waals surface area contributed by atoms with Gasteiger partial charge in [0.25, 0.3) is 5.56 Å². The zero-order valence-electron chi connectivity index (χ0n) is 13.4. The second-order valence-electron chi connectivity index (χ2n) is 5.14. The fourth-order valence-electron chi connectivity index (χ4n) is 2.16. The van der Waals surface area contributed by atoms with Crippen molar-refractivity contribution in [2.75, 3.05) is 13.2 Å². The number of nitrogens with zero attached hydrogens (tertiary/aromatic N) is 2. The molecule has 0 fully saturated rings. The maximum absolute atomic E-state index is 12.1. The molecule has 0 amide bonds. The Balaban J connectivity index is 2.35. The molecule has 118 valence electrons. The van der Waals surface area contributed by atoms with E-state index in [0.717, 1.165) is 30.0 Å². The number of hydrogen-bond donors (Lipinski definition) is 1. The summed E-state index contributed by atoms with van der Waals surface area (Å²) < 4.78 is 7.05. The molecule has 1 aromatic heterocycles. The van der Waals surface area contributed by atoms with E-state index >= 15 is 0 Å². The third kappa shape index (κ3) is 3.95. The highest BCUT2D eigenvalue weighted by Crippen LogP contribution is 2.22. The van der Waals surface area contributed by atoms with Crippen molar-refractivity contribution < 1.29 is 4.74 Å². The molecule has 1 aromatic carbocycles. The molecule has 5 heteroatoms. The van der Waals surface area contributed by atoms with E-state index in [2.05, 4.69) is 17.3 Å². The van der Waals surface area contributed by atoms with E-state index in [0.29, 0.717) is 18.7 Å². The third-order valence-electron chi connectivity index (χ3n) is 3.31. The van der Waals surface area contributed by atoms with Gasteiger partial charge in [0, 0.05) is 24.7 Å². The number of benzene rings is 1. The van der Waals surface area contributed by atoms with Crippen molar-refractivity contribution in [2.45, 2.75) is 26.8 Å². The average molecular weight is 301 g/mol. The Kier molecular flexibility index (Phi) is 5.72. The Hall–Kier alpha value is -2.14. The first kappa shape index (κ1) is 16.2. The van der Waals surface area contributed by atoms with Crippen LogP contribution in [0.1, 0.15) is 25.8 Å². The van der Waals surface area contributed by atoms with Crippen LogP contribution in [0.25, 0.3) is 11.3 Å². The standard InChI is InChI=1S/C17H23N3O2/c1-4-9-22-15-8-6-7-13(10-15)16-11-14(12-18-5-2)17(21)20(3)19-16/h6-8,10-11,18H,4-5,9,12H2,1-3H3. The van der Waals surface area contributed by atoms with Gasteiger partial charge >= 0.3 is 0 Å². The van der Waals surface area contributed by atoms with Gasteiger partial charge in [-0.2, -0.15) is 5.10 Å². The van der Waals surface area contributed by atoms with E-state index in [1.807, 2.05) is 37.3 Å². The van der Waals surface area contributed by atoms with Crippen molar-refractivity contribution in [2.24, 2.45) is 7.05 Å². The molecule has 1 heterocycles. The van der Waals surface area contributed by atoms with Crippen molar-refractivity contribution in [3.05, 3.63) is 46.2 Å². The lowest BCUT2D eigenvalue weighted by atomic mass is 10.1. The molecule has 0 bridgehead atoms. The summed E-state index contributed by atoms with van der Waals surface area (Å²) in [5, 5.41) is 7.54. The Labute approximate surface area is 130 Å². The van der Waals surface area contributed by atoms with Crippen molar-refractivity contribution in [1.29, 1.82) is 0 Å². The fourth-order valence-corrected chi connectivity index (χ4v) is 2.16. The second kappa shape index (κ2) is 7.75. The van der Waals surface area contributed by atoms with Crippen LogP contribution in [-0.4, -0.2) is 22.9 Å². The third-order valence-corrected chi connectivity index (χ3v) is 3.31. The van der Waals surface area contributed by atoms with E-state index < -0.39 is 0 Å². The van der Waals surface area contributed by atoms with Gasteiger partial charge in [0.05, 0.1) is 12.3 Å². The van der Waals surface area contributed by atoms with Gasteiger partial charge in [-0.15, -0.1) is 0 Å². The van der Waals surface area contributed by atoms with Crippen LogP contribution in [0.5, 0.6) is 5.75 Å². The van der Waals surface area contributed by atoms with Crippen LogP contribution < -0.4 is 15.6 Å². The summed E-state index contributed by atoms with van der Waals surface area (Å²) in [5.74, 6) is 0.822. The molecule has 0 spiro atoms. The molecule has 0 aliphatic carbocycles. The molecule has 22 heavy (non-hydrogen) atoms. The van der Waals surface area contributed by atoms with Crippen molar-refractivity contribution >= 4 is 0 Å². The Bertz CT molecular complexity index is 680. The summed E-state index contributed by atoms with van der Waals surface area (Å²) in [4.78, 5) is 12.1. The maximum Gasteiger partial charge on any atom is 0.271 e. The average Bonchev–Trinajstić information content (AvgIpc) is 2.54. The summed E-state index contributed by atoms with van der Waals surface area (Å²) in [6, 6.07) is 9.66. The summed E-state index contributed by atoms with van der Waals surface area (Å²) in [6.45, 7) is 6.15. The number of hydrogen-bond acceptors (Lipinski definition) is 4. The number of nitrogens with one attached hydrogen (secondary N) is 1. The zero-order valence-corrected chi connectivity index (χ0v) is 13.4. The van der Waals surface area contributed by atoms with Crippen LogP contribution in [0.15, 0.2) is 35.1 Å². The molecule has 0 unspecified atom stereocenters. The topological polar surface area (TPSA) is 56.1 Å². The minimum Gasteiger partial charge on any atom is -0.494 e. The Morgan fingerprint density at radius 1 is 1.27 bits per heavy atom. The quantitative estimate of drug-likeness (QED) is 0.853. The summed E-state index contributed by atoms with van der Waals surface area (Å²) in [5.41, 5.74) is 2.37. The molecule has 5 nitrogen and oxygen atoms in total. The van der Waals surface area contributed by atoms with Gasteiger partial charge in [-0.25, -0.2) is 4.68 Å². The van der Waals surface area contributed by atoms with E-state index in [1.54, 1.807) is 7.05 Å². The fraction of sp³-hybridized carbons (Fsp3) is 0.412. The Morgan fingerprint density at radius 2 is 2.09 bits per heavy atom. The molecule has 2 aromatic rings. The lowest BCUT2D eigenvalue weighted by Gasteiger charge is -2.10. The minimum absolute atomic E-state index is 0.0666. The number of rotatable bonds is 7. The molecule has 0 saturated heterocycles. The van der Waals surface area contributed by atoms with Gasteiger partial charge < -0.3 is 10.1 Å². The molecular weight excluding hydrogens is 278 g/mol. The normalized spacial score (nSPS) is 10.7. The largest absolute Gasteiger partial charge is 0.494 e. The van der Waals surface area contributed by atoms with Crippen LogP contribution >= 0.6 is 0 Å². The number of ether oxygens (including phenoxy) is 1. The molecule has 2 rings (SSSR count). The van der Waals surface area contributed by atoms with Crippen LogP contribution in [0.4, 0.5) is 0 Å². The van der Waals surface area contributed by atoms with Gasteiger partial charge in [0.15, 0.2) is 0 Å². The van der Waals surface area contributed by atoms with Gasteiger partial charge in [0.2, 0.25) is 0 Å². The number of aryl methyl sites for hydroxylation is 1. The lowest BCUT2D eigenvalue weighted by molar-refractivity contribution is 0.317. The van der Waals surface area contributed by atoms with Gasteiger partial charge in [-0.1, -0.05) is 26.0 Å². The van der Waals surface area contributed by atoms with Crippen molar-refractivity contribution in [3.8, 4) is 17.0 Å². The zero-order chi connectivity index (χ0) is 15.9. The number of aromatic nitrogens is 2. The smallest absolute Gasteiger partial charge is 0.271 e. The summed E-state index contributed by atoms with van der Waals surface area (Å²) in [7, 11) is 1.68. The summed E-state index contributed by atoms with van der Waals surface area (Å²) >= 11 is 0. The first-order chi connectivity index (χ1) is 10.7. The van der Waals surface area contributed by atoms with E-state index in [9.17, 15) is 4.79 Å². The highest BCUT2D eigenvalue weighted by molar-refractivity contribution is 5.61. The molecular formula is C17H23N3O2. The van der Waals surface area contributed by atoms with E-state index in [1.165, 1.54) is 4.68 Å². The highest BCUT2D eigenvalue weighted by Gasteiger charge is 2.08. The van der Waals surface area contributed by atoms with Gasteiger partial charge in [0.1, 0.15) is 5.75 Å². The maximum atomic E-state index is 12.1. The molecule has 1 N–H and O–H groups in total. The molecule has 0 radical (unpaired) electrons. The Morgan fingerprint density at radius 3 is 2.82 bits per heavy atom. The molecule has 0 aliphatic heterocycles. The first-order valence-corrected chi connectivity index (χ1v) is 7.66. The van der Waals surface area contributed by atoms with Crippen LogP contribution in [0, 0.1) is 0 Å². The second-order valence-corrected chi connectivity index (χ2v) is 5.14. The SMILES string of the molecule is CCCOc1cccc(-c2cc(CNCC)c(=O)n(C)n2)c1. The molecule has 0 saturated carbocycles. The minimum atomic E-state index is -0.0666. The monoisotopic (exact) mass is 301 g/mol. The van der Waals surface area contributed by atoms with Crippen molar-refractivity contribution in [3.63, 3.8) is 0 Å². The van der Waals surface area contributed by atoms with E-state index in [-0.39, 0.29) is 5.56 Å². The molecule has 0 aliphatic rings. The van der Waals surface area contributed by atoms with Crippen molar-refractivity contribution in [1.82, 2.24) is 15.1 Å². The molecule has 0 atom stereocenters. The van der Waals surface area contributed by atoms with Crippen LogP contribution in [0.2, 0.25) is 0 Å². The first-order valence-electron chi connectivity index (χ1n) is 7.66. The predicted molar refractivity (Wildman–Crippen MR) is 88.1 cm³/mol. The predicted octanol–water partition coefficient (Wildman–Crippen LogP) is 2.35. The lowest BCUT2D eigenvalue weighted by Crippen LogP contribution is -2.27. The van der Waals surface area contributed by atoms with Gasteiger partial charge in [-0.05, 0) is 31.2 Å². The van der Waals surface area contributed by atoms with Crippen LogP contribution in [-0.2, 0) is 13.6 Å². The summed E-state index contributed by atoms with van der Waals surface area (Å²) in [6.07, 6.45) is 0.967. The van der Waals surface area contributed by atoms with E-state index in [4.69, 9.17) is 4.74 Å².